The lowest BCUT2D eigenvalue weighted by Gasteiger charge is -2.31. The summed E-state index contributed by atoms with van der Waals surface area (Å²) < 4.78 is 61.7. The summed E-state index contributed by atoms with van der Waals surface area (Å²) in [5.74, 6) is -1.61. The second-order valence-corrected chi connectivity index (χ2v) is 32.8. The Hall–Kier alpha value is -13.3. The molecule has 0 amide bonds. The fraction of sp³-hybridized carbons (Fsp3) is 0.333. The number of aromatic nitrogens is 8. The predicted octanol–water partition coefficient (Wildman–Crippen LogP) is 10.9. The molecule has 29 heteroatoms. The Morgan fingerprint density at radius 1 is 0.344 bits per heavy atom. The molecular formula is C96H86N8O21. The molecule has 4 atom stereocenters. The molecule has 0 unspecified atom stereocenters. The van der Waals surface area contributed by atoms with Crippen molar-refractivity contribution >= 4 is 67.5 Å². The SMILES string of the molecule is CCc1c2c(nc3ccc(OC(C=CCOCC=CC(Oc4ccc5nc6c(c(CC)c5c4)Cn4c-6cc5c(c4=O)COC(=O)[C@]5(O)CC)Oc4ccc5nc6c(c(CC)c5c4)Cn4c-6cc5c(c4=O)COC(=O)[C@]5(O)CC)Oc4ccc5nc6c(c(CC)c5c4)Cn4c-6cc5c(c4=O)COC(=O)[C@]5(O)CC)cc13)-c1cc3c(c(=O)n1C2)COC(=O)[C@]3(O)CC. The highest BCUT2D eigenvalue weighted by molar-refractivity contribution is 5.95. The summed E-state index contributed by atoms with van der Waals surface area (Å²) in [5, 5.41) is 49.6. The zero-order valence-electron chi connectivity index (χ0n) is 69.7. The molecule has 29 nitrogen and oxygen atoms in total. The molecule has 8 aliphatic heterocycles. The lowest BCUT2D eigenvalue weighted by Crippen LogP contribution is -2.44. The highest BCUT2D eigenvalue weighted by Gasteiger charge is 2.51. The number of hydrogen-bond donors (Lipinski definition) is 4. The van der Waals surface area contributed by atoms with Crippen LogP contribution in [0.1, 0.15) is 170 Å². The van der Waals surface area contributed by atoms with Crippen LogP contribution in [0.25, 0.3) is 89.2 Å². The van der Waals surface area contributed by atoms with Gasteiger partial charge in [-0.3, -0.25) is 19.2 Å². The Labute approximate surface area is 712 Å². The van der Waals surface area contributed by atoms with E-state index in [4.69, 9.17) is 62.6 Å². The number of carbonyl (C=O) groups excluding carboxylic acids is 4. The van der Waals surface area contributed by atoms with E-state index in [0.29, 0.717) is 116 Å². The molecule has 0 aliphatic carbocycles. The topological polar surface area (TPSA) is 372 Å². The normalized spacial score (nSPS) is 19.6. The smallest absolute Gasteiger partial charge is 0.343 e. The van der Waals surface area contributed by atoms with Crippen molar-refractivity contribution in [2.75, 3.05) is 13.2 Å². The third-order valence-electron chi connectivity index (χ3n) is 26.5. The Morgan fingerprint density at radius 2 is 0.576 bits per heavy atom. The molecule has 4 N–H and O–H groups in total. The second kappa shape index (κ2) is 29.7. The van der Waals surface area contributed by atoms with Crippen LogP contribution in [0.15, 0.2) is 141 Å². The number of hydrogen-bond acceptors (Lipinski definition) is 25. The number of ether oxygens (including phenoxy) is 9. The molecule has 0 saturated carbocycles. The van der Waals surface area contributed by atoms with Gasteiger partial charge in [0, 0.05) is 66.1 Å². The van der Waals surface area contributed by atoms with E-state index >= 15 is 0 Å². The van der Waals surface area contributed by atoms with Crippen LogP contribution in [0.3, 0.4) is 0 Å². The first kappa shape index (κ1) is 80.1. The van der Waals surface area contributed by atoms with Crippen LogP contribution in [0.2, 0.25) is 0 Å². The van der Waals surface area contributed by atoms with Crippen molar-refractivity contribution in [3.8, 4) is 68.5 Å². The molecule has 0 spiro atoms. The molecule has 4 aromatic carbocycles. The molecule has 0 bridgehead atoms. The van der Waals surface area contributed by atoms with E-state index in [1.165, 1.54) is 0 Å². The Kier molecular flexibility index (Phi) is 19.0. The standard InChI is InChI=1S/C96H86N8O21/c1-9-51-55-31-47(21-25-71(55)97-81-59(51)39-101-75(81)35-67-63(85(101)105)43-118-89(109)93(67,113)13-5)122-79(123-48-22-26-72-56(32-48)52(10-2)60-40-102-76(82(60)98-72)36-68-64(86(102)106)44-119-90(110)94(68,114)14-6)19-17-29-117-30-18-20-80(124-49-23-27-73-57(33-49)53(11-3)61-41-103-77(83(61)99-73)37-69-65(87(103)107)45-120-91(111)95(69,115)15-7)125-50-24-28-74-58(34-50)54(12-4)62-42-104-78(84(62)100-74)38-70-66(88(104)108)46-121-92(112)96(70,116)16-8/h17-28,31-38,79-80,113-116H,9-16,29-30,39-46H2,1-8H3/t93-,94-,95-,96-/m0/s1. The molecule has 16 heterocycles. The number of cyclic esters (lactones) is 4. The van der Waals surface area contributed by atoms with Crippen LogP contribution in [-0.2, 0) is 144 Å². The number of rotatable bonds is 22. The van der Waals surface area contributed by atoms with Crippen LogP contribution >= 0.6 is 0 Å². The molecule has 8 aromatic heterocycles. The summed E-state index contributed by atoms with van der Waals surface area (Å²) in [7, 11) is 0. The first-order valence-corrected chi connectivity index (χ1v) is 42.4. The highest BCUT2D eigenvalue weighted by Crippen LogP contribution is 2.48. The van der Waals surface area contributed by atoms with E-state index in [1.807, 2.05) is 76.2 Å². The predicted molar refractivity (Wildman–Crippen MR) is 455 cm³/mol. The van der Waals surface area contributed by atoms with Gasteiger partial charge in [0.15, 0.2) is 22.4 Å². The van der Waals surface area contributed by atoms with E-state index in [9.17, 15) is 58.8 Å². The lowest BCUT2D eigenvalue weighted by atomic mass is 9.86. The van der Waals surface area contributed by atoms with Crippen molar-refractivity contribution in [1.82, 2.24) is 38.2 Å². The average molecular weight is 1690 g/mol. The van der Waals surface area contributed by atoms with Gasteiger partial charge in [0.05, 0.1) is 129 Å². The largest absolute Gasteiger partial charge is 0.458 e. The monoisotopic (exact) mass is 1690 g/mol. The van der Waals surface area contributed by atoms with Crippen molar-refractivity contribution in [2.45, 2.75) is 194 Å². The molecular weight excluding hydrogens is 1600 g/mol. The van der Waals surface area contributed by atoms with Crippen LogP contribution < -0.4 is 41.2 Å². The number of nitrogens with zero attached hydrogens (tertiary/aromatic N) is 8. The summed E-state index contributed by atoms with van der Waals surface area (Å²) in [6.07, 6.45) is 6.89. The molecule has 636 valence electrons. The number of pyridine rings is 8. The summed E-state index contributed by atoms with van der Waals surface area (Å²) in [6.45, 7) is 14.5. The minimum atomic E-state index is -2.00. The van der Waals surface area contributed by atoms with Crippen LogP contribution in [0.4, 0.5) is 0 Å². The van der Waals surface area contributed by atoms with Crippen molar-refractivity contribution in [1.29, 1.82) is 0 Å². The summed E-state index contributed by atoms with van der Waals surface area (Å²) >= 11 is 0. The fourth-order valence-corrected chi connectivity index (χ4v) is 19.8. The maximum Gasteiger partial charge on any atom is 0.343 e. The quantitative estimate of drug-likeness (QED) is 0.0161. The minimum Gasteiger partial charge on any atom is -0.458 e. The zero-order chi connectivity index (χ0) is 86.9. The van der Waals surface area contributed by atoms with Gasteiger partial charge in [-0.25, -0.2) is 39.1 Å². The Bertz CT molecular complexity index is 6330. The van der Waals surface area contributed by atoms with Crippen molar-refractivity contribution < 1.29 is 82.2 Å². The van der Waals surface area contributed by atoms with Gasteiger partial charge in [0.25, 0.3) is 34.8 Å². The maximum atomic E-state index is 14.3. The van der Waals surface area contributed by atoms with E-state index in [2.05, 4.69) is 0 Å². The van der Waals surface area contributed by atoms with E-state index in [0.717, 1.165) is 66.1 Å². The molecule has 0 fully saturated rings. The molecule has 0 saturated heterocycles. The van der Waals surface area contributed by atoms with Gasteiger partial charge in [0.2, 0.25) is 0 Å². The molecule has 20 rings (SSSR count). The molecule has 8 aliphatic rings. The Morgan fingerprint density at radius 3 is 0.792 bits per heavy atom. The summed E-state index contributed by atoms with van der Waals surface area (Å²) in [6, 6.07) is 28.8. The number of benzene rings is 4. The van der Waals surface area contributed by atoms with Gasteiger partial charge in [0.1, 0.15) is 49.4 Å². The number of aliphatic hydroxyl groups is 4. The van der Waals surface area contributed by atoms with Crippen molar-refractivity contribution in [3.63, 3.8) is 0 Å². The van der Waals surface area contributed by atoms with Gasteiger partial charge < -0.3 is 81.3 Å². The van der Waals surface area contributed by atoms with Crippen LogP contribution in [0.5, 0.6) is 23.0 Å². The Balaban J connectivity index is 0.621. The fourth-order valence-electron chi connectivity index (χ4n) is 19.8. The van der Waals surface area contributed by atoms with Crippen molar-refractivity contribution in [2.24, 2.45) is 0 Å². The van der Waals surface area contributed by atoms with E-state index in [-0.39, 0.29) is 158 Å². The summed E-state index contributed by atoms with van der Waals surface area (Å²) in [4.78, 5) is 130. The van der Waals surface area contributed by atoms with Gasteiger partial charge in [-0.1, -0.05) is 67.5 Å². The first-order chi connectivity index (χ1) is 60.3. The zero-order valence-corrected chi connectivity index (χ0v) is 69.7. The van der Waals surface area contributed by atoms with Gasteiger partial charge in [-0.15, -0.1) is 0 Å². The van der Waals surface area contributed by atoms with Gasteiger partial charge in [-0.2, -0.15) is 0 Å². The minimum absolute atomic E-state index is 0.00186. The van der Waals surface area contributed by atoms with Gasteiger partial charge in [-0.05, 0) is 183 Å². The number of carbonyl (C=O) groups is 4. The first-order valence-electron chi connectivity index (χ1n) is 42.4. The summed E-state index contributed by atoms with van der Waals surface area (Å²) in [5.41, 5.74) is 5.72. The van der Waals surface area contributed by atoms with Crippen LogP contribution in [0, 0.1) is 0 Å². The third kappa shape index (κ3) is 12.1. The van der Waals surface area contributed by atoms with Crippen molar-refractivity contribution in [3.05, 3.63) is 252 Å². The second-order valence-electron chi connectivity index (χ2n) is 32.8. The van der Waals surface area contributed by atoms with E-state index in [1.54, 1.807) is 119 Å². The maximum absolute atomic E-state index is 14.3. The third-order valence-corrected chi connectivity index (χ3v) is 26.5. The number of fused-ring (bicyclic) bond motifs is 20. The highest BCUT2D eigenvalue weighted by atomic mass is 16.7. The van der Waals surface area contributed by atoms with Gasteiger partial charge >= 0.3 is 23.9 Å². The number of aryl methyl sites for hydroxylation is 4. The lowest BCUT2D eigenvalue weighted by molar-refractivity contribution is -0.172. The average Bonchev–Trinajstić information content (AvgIpc) is 0.985. The molecule has 125 heavy (non-hydrogen) atoms. The van der Waals surface area contributed by atoms with Crippen LogP contribution in [-0.4, -0.2) is 108 Å². The number of esters is 4. The van der Waals surface area contributed by atoms with E-state index < -0.39 is 58.9 Å². The molecule has 0 radical (unpaired) electrons. The molecule has 12 aromatic rings.